The molecule has 0 spiro atoms. The van der Waals surface area contributed by atoms with Crippen LogP contribution < -0.4 is 16.4 Å². The van der Waals surface area contributed by atoms with E-state index in [1.807, 2.05) is 13.0 Å². The molecule has 1 aliphatic rings. The van der Waals surface area contributed by atoms with Crippen LogP contribution in [0.1, 0.15) is 36.5 Å². The topological polar surface area (TPSA) is 76.4 Å². The maximum Gasteiger partial charge on any atom is 0.251 e. The third-order valence-electron chi connectivity index (χ3n) is 3.95. The molecule has 1 aromatic rings. The second kappa shape index (κ2) is 6.13. The highest BCUT2D eigenvalue weighted by atomic mass is 16.5. The van der Waals surface area contributed by atoms with Crippen molar-refractivity contribution in [2.24, 2.45) is 0 Å². The summed E-state index contributed by atoms with van der Waals surface area (Å²) in [6.07, 6.45) is 3.36. The van der Waals surface area contributed by atoms with Gasteiger partial charge in [-0.05, 0) is 44.4 Å². The molecule has 0 radical (unpaired) electrons. The zero-order chi connectivity index (χ0) is 14.6. The number of rotatable bonds is 6. The minimum atomic E-state index is -0.0990. The van der Waals surface area contributed by atoms with Gasteiger partial charge in [0.2, 0.25) is 0 Å². The molecule has 0 aromatic heterocycles. The summed E-state index contributed by atoms with van der Waals surface area (Å²) >= 11 is 0. The molecule has 0 saturated heterocycles. The number of hydrogen-bond donors (Lipinski definition) is 3. The molecule has 20 heavy (non-hydrogen) atoms. The Balaban J connectivity index is 2.01. The highest BCUT2D eigenvalue weighted by molar-refractivity contribution is 5.96. The number of carbonyl (C=O) groups is 1. The fourth-order valence-electron chi connectivity index (χ4n) is 2.41. The minimum absolute atomic E-state index is 0.0509. The Morgan fingerprint density at radius 1 is 1.45 bits per heavy atom. The number of amides is 1. The van der Waals surface area contributed by atoms with Crippen molar-refractivity contribution in [3.8, 4) is 0 Å². The highest BCUT2D eigenvalue weighted by Gasteiger charge is 2.36. The molecule has 2 rings (SSSR count). The number of hydrogen-bond acceptors (Lipinski definition) is 4. The van der Waals surface area contributed by atoms with Gasteiger partial charge in [-0.25, -0.2) is 0 Å². The number of nitrogen functional groups attached to an aromatic ring is 1. The molecule has 0 heterocycles. The predicted octanol–water partition coefficient (Wildman–Crippen LogP) is 2.00. The van der Waals surface area contributed by atoms with E-state index in [-0.39, 0.29) is 11.5 Å². The maximum absolute atomic E-state index is 11.7. The Hall–Kier alpha value is -1.75. The van der Waals surface area contributed by atoms with Crippen molar-refractivity contribution in [2.75, 3.05) is 31.2 Å². The van der Waals surface area contributed by atoms with Crippen LogP contribution in [-0.4, -0.2) is 31.7 Å². The van der Waals surface area contributed by atoms with Gasteiger partial charge in [-0.15, -0.1) is 0 Å². The Kier molecular flexibility index (Phi) is 4.49. The lowest BCUT2D eigenvalue weighted by atomic mass is 9.80. The number of carbonyl (C=O) groups excluding carboxylic acids is 1. The Morgan fingerprint density at radius 2 is 2.20 bits per heavy atom. The van der Waals surface area contributed by atoms with Crippen molar-refractivity contribution in [2.45, 2.75) is 31.8 Å². The van der Waals surface area contributed by atoms with Gasteiger partial charge in [-0.2, -0.15) is 0 Å². The molecule has 1 saturated carbocycles. The van der Waals surface area contributed by atoms with Gasteiger partial charge in [-0.3, -0.25) is 4.79 Å². The standard InChI is InChI=1S/C15H23N3O2/c1-3-17-14(19)11-5-6-13(12(16)9-11)18-10-15(20-2)7-4-8-15/h5-6,9,18H,3-4,7-8,10,16H2,1-2H3,(H,17,19). The molecule has 1 fully saturated rings. The normalized spacial score (nSPS) is 16.3. The van der Waals surface area contributed by atoms with Gasteiger partial charge in [0, 0.05) is 25.8 Å². The molecule has 1 amide bonds. The summed E-state index contributed by atoms with van der Waals surface area (Å²) in [5.41, 5.74) is 7.97. The molecule has 0 bridgehead atoms. The van der Waals surface area contributed by atoms with Gasteiger partial charge in [0.25, 0.3) is 5.91 Å². The van der Waals surface area contributed by atoms with Crippen molar-refractivity contribution in [3.05, 3.63) is 23.8 Å². The summed E-state index contributed by atoms with van der Waals surface area (Å²) in [7, 11) is 1.75. The van der Waals surface area contributed by atoms with Crippen molar-refractivity contribution >= 4 is 17.3 Å². The molecule has 4 N–H and O–H groups in total. The van der Waals surface area contributed by atoms with Crippen LogP contribution in [0.15, 0.2) is 18.2 Å². The number of anilines is 2. The van der Waals surface area contributed by atoms with Crippen molar-refractivity contribution in [1.29, 1.82) is 0 Å². The van der Waals surface area contributed by atoms with Gasteiger partial charge in [0.05, 0.1) is 17.0 Å². The summed E-state index contributed by atoms with van der Waals surface area (Å²) in [4.78, 5) is 11.7. The van der Waals surface area contributed by atoms with E-state index in [2.05, 4.69) is 10.6 Å². The minimum Gasteiger partial charge on any atom is -0.397 e. The van der Waals surface area contributed by atoms with E-state index in [9.17, 15) is 4.79 Å². The molecule has 5 nitrogen and oxygen atoms in total. The van der Waals surface area contributed by atoms with Crippen molar-refractivity contribution in [1.82, 2.24) is 5.32 Å². The Morgan fingerprint density at radius 3 is 2.70 bits per heavy atom. The highest BCUT2D eigenvalue weighted by Crippen LogP contribution is 2.35. The number of benzene rings is 1. The molecule has 0 unspecified atom stereocenters. The molecule has 1 aromatic carbocycles. The third-order valence-corrected chi connectivity index (χ3v) is 3.95. The van der Waals surface area contributed by atoms with Gasteiger partial charge in [0.15, 0.2) is 0 Å². The van der Waals surface area contributed by atoms with Crippen LogP contribution in [0.4, 0.5) is 11.4 Å². The number of nitrogens with one attached hydrogen (secondary N) is 2. The lowest BCUT2D eigenvalue weighted by Gasteiger charge is -2.40. The van der Waals surface area contributed by atoms with Crippen LogP contribution in [0.5, 0.6) is 0 Å². The quantitative estimate of drug-likeness (QED) is 0.695. The van der Waals surface area contributed by atoms with Gasteiger partial charge in [0.1, 0.15) is 0 Å². The van der Waals surface area contributed by atoms with E-state index in [0.717, 1.165) is 25.1 Å². The molecule has 1 aliphatic carbocycles. The van der Waals surface area contributed by atoms with E-state index < -0.39 is 0 Å². The zero-order valence-corrected chi connectivity index (χ0v) is 12.2. The average Bonchev–Trinajstić information content (AvgIpc) is 2.39. The lowest BCUT2D eigenvalue weighted by molar-refractivity contribution is -0.0601. The van der Waals surface area contributed by atoms with Gasteiger partial charge < -0.3 is 21.1 Å². The second-order valence-corrected chi connectivity index (χ2v) is 5.26. The van der Waals surface area contributed by atoms with Gasteiger partial charge in [-0.1, -0.05) is 0 Å². The first-order valence-corrected chi connectivity index (χ1v) is 7.07. The monoisotopic (exact) mass is 277 g/mol. The lowest BCUT2D eigenvalue weighted by Crippen LogP contribution is -2.45. The van der Waals surface area contributed by atoms with Crippen LogP contribution in [0.25, 0.3) is 0 Å². The zero-order valence-electron chi connectivity index (χ0n) is 12.2. The predicted molar refractivity (Wildman–Crippen MR) is 80.9 cm³/mol. The third kappa shape index (κ3) is 3.04. The first kappa shape index (κ1) is 14.7. The van der Waals surface area contributed by atoms with Crippen LogP contribution in [-0.2, 0) is 4.74 Å². The van der Waals surface area contributed by atoms with Crippen LogP contribution >= 0.6 is 0 Å². The molecule has 5 heteroatoms. The number of nitrogens with two attached hydrogens (primary N) is 1. The maximum atomic E-state index is 11.7. The molecular weight excluding hydrogens is 254 g/mol. The van der Waals surface area contributed by atoms with Crippen molar-refractivity contribution < 1.29 is 9.53 Å². The average molecular weight is 277 g/mol. The SMILES string of the molecule is CCNC(=O)c1ccc(NCC2(OC)CCC2)c(N)c1. The molecule has 110 valence electrons. The summed E-state index contributed by atoms with van der Waals surface area (Å²) in [5.74, 6) is -0.0990. The fourth-order valence-corrected chi connectivity index (χ4v) is 2.41. The van der Waals surface area contributed by atoms with Crippen LogP contribution in [0.3, 0.4) is 0 Å². The van der Waals surface area contributed by atoms with E-state index in [1.54, 1.807) is 19.2 Å². The molecule has 0 aliphatic heterocycles. The van der Waals surface area contributed by atoms with E-state index in [0.29, 0.717) is 17.8 Å². The smallest absolute Gasteiger partial charge is 0.251 e. The Labute approximate surface area is 119 Å². The molecule has 0 atom stereocenters. The van der Waals surface area contributed by atoms with Gasteiger partial charge >= 0.3 is 0 Å². The summed E-state index contributed by atoms with van der Waals surface area (Å²) in [6.45, 7) is 3.24. The van der Waals surface area contributed by atoms with Crippen LogP contribution in [0, 0.1) is 0 Å². The fraction of sp³-hybridized carbons (Fsp3) is 0.533. The first-order chi connectivity index (χ1) is 9.60. The van der Waals surface area contributed by atoms with E-state index in [1.165, 1.54) is 6.42 Å². The number of methoxy groups -OCH3 is 1. The molecular formula is C15H23N3O2. The second-order valence-electron chi connectivity index (χ2n) is 5.26. The van der Waals surface area contributed by atoms with E-state index in [4.69, 9.17) is 10.5 Å². The summed E-state index contributed by atoms with van der Waals surface area (Å²) < 4.78 is 5.56. The Bertz CT molecular complexity index is 478. The van der Waals surface area contributed by atoms with Crippen LogP contribution in [0.2, 0.25) is 0 Å². The summed E-state index contributed by atoms with van der Waals surface area (Å²) in [5, 5.41) is 6.08. The van der Waals surface area contributed by atoms with E-state index >= 15 is 0 Å². The first-order valence-electron chi connectivity index (χ1n) is 7.07. The van der Waals surface area contributed by atoms with Crippen molar-refractivity contribution in [3.63, 3.8) is 0 Å². The summed E-state index contributed by atoms with van der Waals surface area (Å²) in [6, 6.07) is 5.33. The largest absolute Gasteiger partial charge is 0.397 e. The number of ether oxygens (including phenoxy) is 1.